The van der Waals surface area contributed by atoms with Crippen LogP contribution in [0.2, 0.25) is 5.02 Å². The van der Waals surface area contributed by atoms with Crippen molar-refractivity contribution in [3.8, 4) is 0 Å². The molecular formula is C17H11Cl2FN2O2. The maximum absolute atomic E-state index is 13.0. The van der Waals surface area contributed by atoms with Crippen molar-refractivity contribution >= 4 is 46.4 Å². The molecule has 3 rings (SSSR count). The summed E-state index contributed by atoms with van der Waals surface area (Å²) in [5, 5.41) is 2.96. The van der Waals surface area contributed by atoms with Gasteiger partial charge in [-0.15, -0.1) is 0 Å². The lowest BCUT2D eigenvalue weighted by atomic mass is 10.2. The van der Waals surface area contributed by atoms with Gasteiger partial charge >= 0.3 is 0 Å². The molecule has 4 nitrogen and oxygen atoms in total. The standard InChI is InChI=1S/C17H11Cl2FN2O2/c1-9-2-7-12(8-13(9)18)22-16(23)14(19)15(17(22)24)21-11-5-3-10(20)4-6-11/h2-8,21H,1H3. The zero-order valence-electron chi connectivity index (χ0n) is 12.4. The molecule has 122 valence electrons. The zero-order chi connectivity index (χ0) is 17.4. The van der Waals surface area contributed by atoms with E-state index in [0.29, 0.717) is 16.4 Å². The van der Waals surface area contributed by atoms with Crippen LogP contribution in [0.15, 0.2) is 53.2 Å². The van der Waals surface area contributed by atoms with Crippen molar-refractivity contribution in [2.24, 2.45) is 0 Å². The minimum Gasteiger partial charge on any atom is -0.350 e. The Morgan fingerprint density at radius 2 is 1.67 bits per heavy atom. The first kappa shape index (κ1) is 16.5. The lowest BCUT2D eigenvalue weighted by molar-refractivity contribution is -0.120. The monoisotopic (exact) mass is 364 g/mol. The summed E-state index contributed by atoms with van der Waals surface area (Å²) in [4.78, 5) is 25.9. The van der Waals surface area contributed by atoms with Crippen LogP contribution in [0.5, 0.6) is 0 Å². The van der Waals surface area contributed by atoms with Crippen molar-refractivity contribution in [3.63, 3.8) is 0 Å². The third kappa shape index (κ3) is 2.88. The fourth-order valence-corrected chi connectivity index (χ4v) is 2.63. The molecule has 2 aromatic rings. The van der Waals surface area contributed by atoms with E-state index in [9.17, 15) is 14.0 Å². The molecule has 0 saturated carbocycles. The van der Waals surface area contributed by atoms with Gasteiger partial charge < -0.3 is 5.32 Å². The summed E-state index contributed by atoms with van der Waals surface area (Å²) < 4.78 is 13.0. The second-order valence-corrected chi connectivity index (χ2v) is 5.99. The number of aryl methyl sites for hydroxylation is 1. The summed E-state index contributed by atoms with van der Waals surface area (Å²) in [6.45, 7) is 1.81. The Hall–Kier alpha value is -2.37. The first-order chi connectivity index (χ1) is 11.4. The van der Waals surface area contributed by atoms with Gasteiger partial charge in [0.2, 0.25) is 0 Å². The van der Waals surface area contributed by atoms with Crippen LogP contribution < -0.4 is 10.2 Å². The van der Waals surface area contributed by atoms with E-state index in [2.05, 4.69) is 5.32 Å². The van der Waals surface area contributed by atoms with Crippen LogP contribution in [0, 0.1) is 12.7 Å². The van der Waals surface area contributed by atoms with E-state index in [1.165, 1.54) is 30.3 Å². The molecular weight excluding hydrogens is 354 g/mol. The summed E-state index contributed by atoms with van der Waals surface area (Å²) in [7, 11) is 0. The van der Waals surface area contributed by atoms with E-state index in [-0.39, 0.29) is 10.7 Å². The first-order valence-corrected chi connectivity index (χ1v) is 7.71. The Morgan fingerprint density at radius 1 is 1.00 bits per heavy atom. The van der Waals surface area contributed by atoms with Crippen LogP contribution in [-0.4, -0.2) is 11.8 Å². The van der Waals surface area contributed by atoms with Crippen LogP contribution >= 0.6 is 23.2 Å². The normalized spacial score (nSPS) is 14.6. The Morgan fingerprint density at radius 3 is 2.29 bits per heavy atom. The van der Waals surface area contributed by atoms with Crippen molar-refractivity contribution in [1.29, 1.82) is 0 Å². The fourth-order valence-electron chi connectivity index (χ4n) is 2.24. The lowest BCUT2D eigenvalue weighted by Gasteiger charge is -2.16. The maximum atomic E-state index is 13.0. The molecule has 0 fully saturated rings. The number of carbonyl (C=O) groups excluding carboxylic acids is 2. The molecule has 0 aromatic heterocycles. The van der Waals surface area contributed by atoms with Crippen molar-refractivity contribution in [1.82, 2.24) is 0 Å². The number of rotatable bonds is 3. The molecule has 0 atom stereocenters. The summed E-state index contributed by atoms with van der Waals surface area (Å²) in [5.74, 6) is -1.66. The van der Waals surface area contributed by atoms with Crippen LogP contribution in [0.3, 0.4) is 0 Å². The molecule has 0 bridgehead atoms. The summed E-state index contributed by atoms with van der Waals surface area (Å²) in [6.07, 6.45) is 0. The van der Waals surface area contributed by atoms with Gasteiger partial charge in [-0.2, -0.15) is 0 Å². The number of imide groups is 1. The van der Waals surface area contributed by atoms with Crippen LogP contribution in [0.1, 0.15) is 5.56 Å². The van der Waals surface area contributed by atoms with Gasteiger partial charge in [0, 0.05) is 10.7 Å². The SMILES string of the molecule is Cc1ccc(N2C(=O)C(Cl)=C(Nc3ccc(F)cc3)C2=O)cc1Cl. The van der Waals surface area contributed by atoms with Gasteiger partial charge in [0.05, 0.1) is 5.69 Å². The Kier molecular flexibility index (Phi) is 4.30. The third-order valence-corrected chi connectivity index (χ3v) is 4.31. The Bertz CT molecular complexity index is 879. The van der Waals surface area contributed by atoms with Gasteiger partial charge in [-0.05, 0) is 48.9 Å². The fraction of sp³-hybridized carbons (Fsp3) is 0.0588. The van der Waals surface area contributed by atoms with Gasteiger partial charge in [-0.1, -0.05) is 29.3 Å². The summed E-state index contributed by atoms with van der Waals surface area (Å²) >= 11 is 12.1. The summed E-state index contributed by atoms with van der Waals surface area (Å²) in [6, 6.07) is 10.2. The van der Waals surface area contributed by atoms with Gasteiger partial charge in [0.1, 0.15) is 16.5 Å². The quantitative estimate of drug-likeness (QED) is 0.829. The molecule has 1 aliphatic rings. The Balaban J connectivity index is 1.92. The molecule has 2 amide bonds. The van der Waals surface area contributed by atoms with Gasteiger partial charge in [-0.3, -0.25) is 9.59 Å². The van der Waals surface area contributed by atoms with E-state index in [1.54, 1.807) is 12.1 Å². The number of carbonyl (C=O) groups is 2. The molecule has 1 aliphatic heterocycles. The zero-order valence-corrected chi connectivity index (χ0v) is 14.0. The first-order valence-electron chi connectivity index (χ1n) is 6.96. The van der Waals surface area contributed by atoms with E-state index >= 15 is 0 Å². The highest BCUT2D eigenvalue weighted by atomic mass is 35.5. The van der Waals surface area contributed by atoms with E-state index in [1.807, 2.05) is 6.92 Å². The minimum absolute atomic E-state index is 0.0648. The highest BCUT2D eigenvalue weighted by Crippen LogP contribution is 2.32. The summed E-state index contributed by atoms with van der Waals surface area (Å²) in [5.41, 5.74) is 1.53. The molecule has 1 heterocycles. The average Bonchev–Trinajstić information content (AvgIpc) is 2.76. The van der Waals surface area contributed by atoms with E-state index in [4.69, 9.17) is 23.2 Å². The number of anilines is 2. The number of nitrogens with one attached hydrogen (secondary N) is 1. The Labute approximate surface area is 147 Å². The van der Waals surface area contributed by atoms with Gasteiger partial charge in [0.25, 0.3) is 11.8 Å². The topological polar surface area (TPSA) is 49.4 Å². The minimum atomic E-state index is -0.647. The van der Waals surface area contributed by atoms with Crippen molar-refractivity contribution in [2.45, 2.75) is 6.92 Å². The second-order valence-electron chi connectivity index (χ2n) is 5.20. The van der Waals surface area contributed by atoms with Crippen LogP contribution in [0.25, 0.3) is 0 Å². The molecule has 1 N–H and O–H groups in total. The molecule has 2 aromatic carbocycles. The predicted molar refractivity (Wildman–Crippen MR) is 91.6 cm³/mol. The highest BCUT2D eigenvalue weighted by Gasteiger charge is 2.39. The number of halogens is 3. The van der Waals surface area contributed by atoms with E-state index < -0.39 is 17.6 Å². The van der Waals surface area contributed by atoms with Crippen molar-refractivity contribution < 1.29 is 14.0 Å². The number of benzene rings is 2. The third-order valence-electron chi connectivity index (χ3n) is 3.55. The lowest BCUT2D eigenvalue weighted by Crippen LogP contribution is -2.32. The molecule has 0 saturated heterocycles. The molecule has 7 heteroatoms. The number of nitrogens with zero attached hydrogens (tertiary/aromatic N) is 1. The maximum Gasteiger partial charge on any atom is 0.283 e. The van der Waals surface area contributed by atoms with Crippen molar-refractivity contribution in [2.75, 3.05) is 10.2 Å². The van der Waals surface area contributed by atoms with Gasteiger partial charge in [-0.25, -0.2) is 9.29 Å². The van der Waals surface area contributed by atoms with Crippen LogP contribution in [-0.2, 0) is 9.59 Å². The van der Waals surface area contributed by atoms with Gasteiger partial charge in [0.15, 0.2) is 0 Å². The van der Waals surface area contributed by atoms with E-state index in [0.717, 1.165) is 10.5 Å². The highest BCUT2D eigenvalue weighted by molar-refractivity contribution is 6.53. The number of hydrogen-bond donors (Lipinski definition) is 1. The smallest absolute Gasteiger partial charge is 0.283 e. The molecule has 0 radical (unpaired) electrons. The molecule has 0 spiro atoms. The molecule has 0 unspecified atom stereocenters. The largest absolute Gasteiger partial charge is 0.350 e. The predicted octanol–water partition coefficient (Wildman–Crippen LogP) is 4.22. The molecule has 0 aliphatic carbocycles. The second kappa shape index (κ2) is 6.26. The number of amides is 2. The van der Waals surface area contributed by atoms with Crippen molar-refractivity contribution in [3.05, 3.63) is 69.6 Å². The number of hydrogen-bond acceptors (Lipinski definition) is 3. The average molecular weight is 365 g/mol. The molecule has 24 heavy (non-hydrogen) atoms. The van der Waals surface area contributed by atoms with Crippen LogP contribution in [0.4, 0.5) is 15.8 Å².